The lowest BCUT2D eigenvalue weighted by atomic mass is 10.0. The molecule has 6 heteroatoms. The molecule has 1 unspecified atom stereocenters. The minimum Gasteiger partial charge on any atom is -0.462 e. The van der Waals surface area contributed by atoms with Crippen LogP contribution < -0.4 is 0 Å². The van der Waals surface area contributed by atoms with Crippen molar-refractivity contribution in [2.75, 3.05) is 13.2 Å². The van der Waals surface area contributed by atoms with Crippen LogP contribution in [-0.2, 0) is 28.6 Å². The molecule has 366 valence electrons. The van der Waals surface area contributed by atoms with Crippen molar-refractivity contribution in [3.8, 4) is 0 Å². The highest BCUT2D eigenvalue weighted by molar-refractivity contribution is 5.71. The number of allylic oxidation sites excluding steroid dienone is 2. The van der Waals surface area contributed by atoms with E-state index in [2.05, 4.69) is 32.9 Å². The third-order valence-electron chi connectivity index (χ3n) is 12.5. The van der Waals surface area contributed by atoms with Crippen molar-refractivity contribution in [1.29, 1.82) is 0 Å². The maximum absolute atomic E-state index is 12.8. The van der Waals surface area contributed by atoms with Gasteiger partial charge in [0.25, 0.3) is 0 Å². The van der Waals surface area contributed by atoms with Crippen LogP contribution in [0.1, 0.15) is 310 Å². The highest BCUT2D eigenvalue weighted by Crippen LogP contribution is 2.17. The summed E-state index contributed by atoms with van der Waals surface area (Å²) in [6.45, 7) is 6.64. The Hall–Kier alpha value is -1.85. The molecule has 0 amide bonds. The van der Waals surface area contributed by atoms with Gasteiger partial charge in [0.2, 0.25) is 0 Å². The number of rotatable bonds is 51. The Labute approximate surface area is 386 Å². The second-order valence-corrected chi connectivity index (χ2v) is 18.9. The van der Waals surface area contributed by atoms with E-state index in [1.165, 1.54) is 212 Å². The van der Waals surface area contributed by atoms with Crippen LogP contribution in [0.25, 0.3) is 0 Å². The minimum absolute atomic E-state index is 0.0667. The summed E-state index contributed by atoms with van der Waals surface area (Å²) in [6, 6.07) is 0. The van der Waals surface area contributed by atoms with Gasteiger partial charge in [-0.3, -0.25) is 14.4 Å². The number of carbonyl (C=O) groups is 3. The van der Waals surface area contributed by atoms with Crippen molar-refractivity contribution >= 4 is 17.9 Å². The Morgan fingerprint density at radius 3 is 0.806 bits per heavy atom. The molecule has 62 heavy (non-hydrogen) atoms. The van der Waals surface area contributed by atoms with Crippen molar-refractivity contribution < 1.29 is 28.6 Å². The predicted octanol–water partition coefficient (Wildman–Crippen LogP) is 18.2. The van der Waals surface area contributed by atoms with Crippen LogP contribution in [-0.4, -0.2) is 37.2 Å². The summed E-state index contributed by atoms with van der Waals surface area (Å²) in [5.41, 5.74) is 0. The molecule has 0 aromatic carbocycles. The summed E-state index contributed by atoms with van der Waals surface area (Å²) in [6.07, 6.45) is 57.9. The topological polar surface area (TPSA) is 78.9 Å². The van der Waals surface area contributed by atoms with Crippen molar-refractivity contribution in [2.24, 2.45) is 0 Å². The van der Waals surface area contributed by atoms with Gasteiger partial charge in [-0.1, -0.05) is 258 Å². The smallest absolute Gasteiger partial charge is 0.306 e. The number of ether oxygens (including phenoxy) is 3. The van der Waals surface area contributed by atoms with Gasteiger partial charge in [0, 0.05) is 19.3 Å². The fourth-order valence-corrected chi connectivity index (χ4v) is 8.32. The fourth-order valence-electron chi connectivity index (χ4n) is 8.32. The first kappa shape index (κ1) is 60.2. The van der Waals surface area contributed by atoms with Gasteiger partial charge in [0.15, 0.2) is 6.10 Å². The van der Waals surface area contributed by atoms with Crippen LogP contribution in [0, 0.1) is 0 Å². The summed E-state index contributed by atoms with van der Waals surface area (Å²) in [5, 5.41) is 0. The van der Waals surface area contributed by atoms with E-state index < -0.39 is 6.10 Å². The van der Waals surface area contributed by atoms with E-state index in [9.17, 15) is 14.4 Å². The molecule has 0 bridgehead atoms. The second-order valence-electron chi connectivity index (χ2n) is 18.9. The highest BCUT2D eigenvalue weighted by Gasteiger charge is 2.19. The number of carbonyl (C=O) groups excluding carboxylic acids is 3. The first-order chi connectivity index (χ1) is 30.5. The first-order valence-electron chi connectivity index (χ1n) is 27.7. The van der Waals surface area contributed by atoms with Gasteiger partial charge in [0.1, 0.15) is 13.2 Å². The Balaban J connectivity index is 4.17. The van der Waals surface area contributed by atoms with Gasteiger partial charge < -0.3 is 14.2 Å². The monoisotopic (exact) mass is 875 g/mol. The molecule has 0 fully saturated rings. The van der Waals surface area contributed by atoms with Crippen LogP contribution in [0.5, 0.6) is 0 Å². The lowest BCUT2D eigenvalue weighted by Crippen LogP contribution is -2.30. The van der Waals surface area contributed by atoms with Gasteiger partial charge in [-0.25, -0.2) is 0 Å². The molecule has 0 aromatic heterocycles. The molecule has 0 aliphatic rings. The largest absolute Gasteiger partial charge is 0.462 e. The van der Waals surface area contributed by atoms with E-state index in [-0.39, 0.29) is 31.1 Å². The van der Waals surface area contributed by atoms with E-state index in [1.807, 2.05) is 0 Å². The summed E-state index contributed by atoms with van der Waals surface area (Å²) in [7, 11) is 0. The molecule has 0 saturated carbocycles. The lowest BCUT2D eigenvalue weighted by Gasteiger charge is -2.18. The molecule has 0 radical (unpaired) electrons. The zero-order chi connectivity index (χ0) is 45.1. The third-order valence-corrected chi connectivity index (χ3v) is 12.5. The van der Waals surface area contributed by atoms with Crippen LogP contribution in [0.2, 0.25) is 0 Å². The second kappa shape index (κ2) is 51.8. The number of hydrogen-bond acceptors (Lipinski definition) is 6. The molecular weight excluding hydrogens is 769 g/mol. The number of esters is 3. The van der Waals surface area contributed by atoms with Gasteiger partial charge in [-0.15, -0.1) is 0 Å². The van der Waals surface area contributed by atoms with E-state index in [4.69, 9.17) is 14.2 Å². The van der Waals surface area contributed by atoms with Crippen molar-refractivity contribution in [2.45, 2.75) is 316 Å². The lowest BCUT2D eigenvalue weighted by molar-refractivity contribution is -0.167. The maximum Gasteiger partial charge on any atom is 0.306 e. The van der Waals surface area contributed by atoms with E-state index in [0.717, 1.165) is 57.8 Å². The Kier molecular flexibility index (Phi) is 50.2. The van der Waals surface area contributed by atoms with Gasteiger partial charge in [-0.2, -0.15) is 0 Å². The first-order valence-corrected chi connectivity index (χ1v) is 27.7. The quantitative estimate of drug-likeness (QED) is 0.0262. The molecule has 0 rings (SSSR count). The molecule has 0 aliphatic heterocycles. The minimum atomic E-state index is -0.765. The van der Waals surface area contributed by atoms with Crippen molar-refractivity contribution in [1.82, 2.24) is 0 Å². The van der Waals surface area contributed by atoms with E-state index in [1.54, 1.807) is 0 Å². The van der Waals surface area contributed by atoms with E-state index in [0.29, 0.717) is 19.3 Å². The average molecular weight is 875 g/mol. The van der Waals surface area contributed by atoms with Gasteiger partial charge in [-0.05, 0) is 44.9 Å². The molecule has 0 saturated heterocycles. The zero-order valence-corrected chi connectivity index (χ0v) is 41.9. The zero-order valence-electron chi connectivity index (χ0n) is 41.9. The summed E-state index contributed by atoms with van der Waals surface area (Å²) >= 11 is 0. The number of hydrogen-bond donors (Lipinski definition) is 0. The molecule has 6 nitrogen and oxygen atoms in total. The highest BCUT2D eigenvalue weighted by atomic mass is 16.6. The van der Waals surface area contributed by atoms with Crippen LogP contribution >= 0.6 is 0 Å². The van der Waals surface area contributed by atoms with Crippen molar-refractivity contribution in [3.05, 3.63) is 12.2 Å². The Bertz CT molecular complexity index is 962. The summed E-state index contributed by atoms with van der Waals surface area (Å²) in [5.74, 6) is -0.859. The SMILES string of the molecule is CCCCCCCCC/C=C\CCCCCCCCCC(=O)OC(COC(=O)CCCCCCCCC)COC(=O)CCCCCCCCCCCCCCCCCCCCC. The molecule has 0 heterocycles. The molecule has 0 spiro atoms. The van der Waals surface area contributed by atoms with Crippen LogP contribution in [0.3, 0.4) is 0 Å². The molecule has 1 atom stereocenters. The molecule has 0 aliphatic carbocycles. The van der Waals surface area contributed by atoms with Crippen LogP contribution in [0.4, 0.5) is 0 Å². The van der Waals surface area contributed by atoms with Crippen LogP contribution in [0.15, 0.2) is 12.2 Å². The Morgan fingerprint density at radius 1 is 0.306 bits per heavy atom. The fraction of sp³-hybridized carbons (Fsp3) is 0.911. The maximum atomic E-state index is 12.8. The predicted molar refractivity (Wildman–Crippen MR) is 266 cm³/mol. The Morgan fingerprint density at radius 2 is 0.532 bits per heavy atom. The third kappa shape index (κ3) is 49.2. The standard InChI is InChI=1S/C56H106O6/c1-4-7-10-13-16-18-20-22-24-26-28-30-31-33-35-37-40-43-46-49-55(58)61-52-53(51-60-54(57)48-45-42-39-15-12-9-6-3)62-56(59)50-47-44-41-38-36-34-32-29-27-25-23-21-19-17-14-11-8-5-2/h25,27,53H,4-24,26,28-52H2,1-3H3/b27-25-. The molecule has 0 aromatic rings. The number of unbranched alkanes of at least 4 members (excludes halogenated alkanes) is 38. The molecule has 0 N–H and O–H groups in total. The summed E-state index contributed by atoms with van der Waals surface area (Å²) in [4.78, 5) is 37.9. The van der Waals surface area contributed by atoms with Gasteiger partial charge >= 0.3 is 17.9 Å². The average Bonchev–Trinajstić information content (AvgIpc) is 3.27. The normalized spacial score (nSPS) is 12.0. The summed E-state index contributed by atoms with van der Waals surface area (Å²) < 4.78 is 16.8. The molecular formula is C56H106O6. The van der Waals surface area contributed by atoms with Gasteiger partial charge in [0.05, 0.1) is 0 Å². The van der Waals surface area contributed by atoms with E-state index >= 15 is 0 Å². The van der Waals surface area contributed by atoms with Crippen molar-refractivity contribution in [3.63, 3.8) is 0 Å².